The Balaban J connectivity index is 1.44. The Kier molecular flexibility index (Phi) is 4.19. The van der Waals surface area contributed by atoms with Crippen molar-refractivity contribution in [1.29, 1.82) is 0 Å². The lowest BCUT2D eigenvalue weighted by atomic mass is 9.97. The molecule has 25 heavy (non-hydrogen) atoms. The molecule has 3 heterocycles. The van der Waals surface area contributed by atoms with Gasteiger partial charge in [-0.3, -0.25) is 14.0 Å². The van der Waals surface area contributed by atoms with E-state index >= 15 is 0 Å². The Morgan fingerprint density at radius 1 is 1.44 bits per heavy atom. The van der Waals surface area contributed by atoms with Crippen LogP contribution in [0.5, 0.6) is 5.75 Å². The van der Waals surface area contributed by atoms with Crippen molar-refractivity contribution in [2.24, 2.45) is 5.92 Å². The van der Waals surface area contributed by atoms with Crippen LogP contribution in [0, 0.1) is 5.92 Å². The van der Waals surface area contributed by atoms with Crippen LogP contribution in [-0.2, 0) is 22.6 Å². The summed E-state index contributed by atoms with van der Waals surface area (Å²) >= 11 is 7.34. The lowest BCUT2D eigenvalue weighted by molar-refractivity contribution is -0.151. The van der Waals surface area contributed by atoms with E-state index in [9.17, 15) is 9.59 Å². The van der Waals surface area contributed by atoms with Crippen LogP contribution in [0.25, 0.3) is 4.96 Å². The predicted octanol–water partition coefficient (Wildman–Crippen LogP) is 2.70. The number of nitrogens with zero attached hydrogens (tertiary/aromatic N) is 2. The number of carbonyl (C=O) groups is 1. The number of benzene rings is 1. The molecule has 0 fully saturated rings. The van der Waals surface area contributed by atoms with Crippen molar-refractivity contribution in [2.75, 3.05) is 6.61 Å². The maximum Gasteiger partial charge on any atom is 0.313 e. The van der Waals surface area contributed by atoms with E-state index < -0.39 is 5.92 Å². The summed E-state index contributed by atoms with van der Waals surface area (Å²) in [6.07, 6.45) is 2.17. The SMILES string of the molecule is O=C(OCc1cc(=O)n2ccsc2n1)C1COc2ccc(Cl)cc2C1. The number of hydrogen-bond donors (Lipinski definition) is 0. The maximum absolute atomic E-state index is 12.3. The smallest absolute Gasteiger partial charge is 0.313 e. The second-order valence-electron chi connectivity index (χ2n) is 5.71. The first kappa shape index (κ1) is 16.1. The molecule has 4 rings (SSSR count). The van der Waals surface area contributed by atoms with E-state index in [1.165, 1.54) is 21.8 Å². The molecule has 3 aromatic rings. The molecular formula is C17H13ClN2O4S. The van der Waals surface area contributed by atoms with Gasteiger partial charge in [-0.15, -0.1) is 11.3 Å². The van der Waals surface area contributed by atoms with E-state index in [2.05, 4.69) is 4.98 Å². The van der Waals surface area contributed by atoms with Gasteiger partial charge in [0.25, 0.3) is 5.56 Å². The number of thiazole rings is 1. The molecule has 6 nitrogen and oxygen atoms in total. The van der Waals surface area contributed by atoms with Crippen molar-refractivity contribution in [2.45, 2.75) is 13.0 Å². The van der Waals surface area contributed by atoms with Crippen LogP contribution in [0.3, 0.4) is 0 Å². The highest BCUT2D eigenvalue weighted by Gasteiger charge is 2.27. The molecule has 1 aliphatic heterocycles. The molecule has 0 amide bonds. The van der Waals surface area contributed by atoms with Crippen LogP contribution in [0.4, 0.5) is 0 Å². The lowest BCUT2D eigenvalue weighted by Crippen LogP contribution is -2.30. The Morgan fingerprint density at radius 2 is 2.32 bits per heavy atom. The van der Waals surface area contributed by atoms with Crippen LogP contribution >= 0.6 is 22.9 Å². The number of fused-ring (bicyclic) bond motifs is 2. The van der Waals surface area contributed by atoms with Gasteiger partial charge in [0.15, 0.2) is 4.96 Å². The number of rotatable bonds is 3. The second kappa shape index (κ2) is 6.50. The van der Waals surface area contributed by atoms with Crippen molar-refractivity contribution in [1.82, 2.24) is 9.38 Å². The standard InChI is InChI=1S/C17H13ClN2O4S/c18-12-1-2-14-10(6-12)5-11(8-23-14)16(22)24-9-13-7-15(21)20-3-4-25-17(20)19-13/h1-4,6-7,11H,5,8-9H2. The van der Waals surface area contributed by atoms with Gasteiger partial charge in [-0.25, -0.2) is 4.98 Å². The van der Waals surface area contributed by atoms with Gasteiger partial charge in [-0.2, -0.15) is 0 Å². The van der Waals surface area contributed by atoms with Crippen molar-refractivity contribution >= 4 is 33.9 Å². The van der Waals surface area contributed by atoms with Gasteiger partial charge >= 0.3 is 5.97 Å². The van der Waals surface area contributed by atoms with E-state index in [0.717, 1.165) is 11.3 Å². The lowest BCUT2D eigenvalue weighted by Gasteiger charge is -2.24. The van der Waals surface area contributed by atoms with Crippen molar-refractivity contribution in [3.8, 4) is 5.75 Å². The first-order chi connectivity index (χ1) is 12.1. The fourth-order valence-corrected chi connectivity index (χ4v) is 3.67. The van der Waals surface area contributed by atoms with E-state index in [1.807, 2.05) is 0 Å². The molecule has 1 aliphatic rings. The Hall–Kier alpha value is -2.38. The van der Waals surface area contributed by atoms with E-state index in [4.69, 9.17) is 21.1 Å². The third-order valence-electron chi connectivity index (χ3n) is 3.98. The highest BCUT2D eigenvalue weighted by atomic mass is 35.5. The number of carbonyl (C=O) groups excluding carboxylic acids is 1. The zero-order valence-electron chi connectivity index (χ0n) is 13.0. The summed E-state index contributed by atoms with van der Waals surface area (Å²) < 4.78 is 12.4. The number of hydrogen-bond acceptors (Lipinski definition) is 6. The molecule has 0 saturated heterocycles. The average molecular weight is 377 g/mol. The molecule has 0 bridgehead atoms. The van der Waals surface area contributed by atoms with Gasteiger partial charge < -0.3 is 9.47 Å². The minimum Gasteiger partial charge on any atom is -0.492 e. The van der Waals surface area contributed by atoms with Crippen molar-refractivity contribution in [3.05, 3.63) is 62.5 Å². The maximum atomic E-state index is 12.3. The number of halogens is 1. The number of ether oxygens (including phenoxy) is 2. The molecule has 0 spiro atoms. The number of esters is 1. The zero-order valence-corrected chi connectivity index (χ0v) is 14.5. The van der Waals surface area contributed by atoms with Crippen LogP contribution in [0.1, 0.15) is 11.3 Å². The summed E-state index contributed by atoms with van der Waals surface area (Å²) in [6.45, 7) is 0.217. The molecule has 1 aromatic carbocycles. The molecule has 0 saturated carbocycles. The van der Waals surface area contributed by atoms with Gasteiger partial charge in [-0.1, -0.05) is 11.6 Å². The quantitative estimate of drug-likeness (QED) is 0.657. The van der Waals surface area contributed by atoms with Gasteiger partial charge in [-0.05, 0) is 30.2 Å². The van der Waals surface area contributed by atoms with Crippen molar-refractivity contribution < 1.29 is 14.3 Å². The summed E-state index contributed by atoms with van der Waals surface area (Å²) in [6, 6.07) is 6.72. The summed E-state index contributed by atoms with van der Waals surface area (Å²) in [5.74, 6) is -0.0392. The van der Waals surface area contributed by atoms with Gasteiger partial charge in [0.05, 0.1) is 11.6 Å². The van der Waals surface area contributed by atoms with Crippen molar-refractivity contribution in [3.63, 3.8) is 0 Å². The Labute approximate surface area is 151 Å². The summed E-state index contributed by atoms with van der Waals surface area (Å²) in [7, 11) is 0. The minimum absolute atomic E-state index is 0.0403. The second-order valence-corrected chi connectivity index (χ2v) is 7.02. The molecular weight excluding hydrogens is 364 g/mol. The zero-order chi connectivity index (χ0) is 17.4. The third-order valence-corrected chi connectivity index (χ3v) is 4.97. The predicted molar refractivity (Wildman–Crippen MR) is 93.3 cm³/mol. The molecule has 0 radical (unpaired) electrons. The average Bonchev–Trinajstić information content (AvgIpc) is 3.08. The first-order valence-electron chi connectivity index (χ1n) is 7.64. The van der Waals surface area contributed by atoms with Gasteiger partial charge in [0.2, 0.25) is 0 Å². The van der Waals surface area contributed by atoms with Crippen LogP contribution in [0.2, 0.25) is 5.02 Å². The van der Waals surface area contributed by atoms with Crippen LogP contribution < -0.4 is 10.3 Å². The molecule has 1 unspecified atom stereocenters. The first-order valence-corrected chi connectivity index (χ1v) is 8.89. The normalized spacial score (nSPS) is 16.3. The van der Waals surface area contributed by atoms with Crippen LogP contribution in [0.15, 0.2) is 40.6 Å². The summed E-state index contributed by atoms with van der Waals surface area (Å²) in [5.41, 5.74) is 1.12. The monoisotopic (exact) mass is 376 g/mol. The summed E-state index contributed by atoms with van der Waals surface area (Å²) in [4.78, 5) is 29.1. The molecule has 1 atom stereocenters. The van der Waals surface area contributed by atoms with Gasteiger partial charge in [0.1, 0.15) is 19.0 Å². The van der Waals surface area contributed by atoms with Crippen LogP contribution in [-0.4, -0.2) is 22.0 Å². The highest BCUT2D eigenvalue weighted by molar-refractivity contribution is 7.15. The fraction of sp³-hybridized carbons (Fsp3) is 0.235. The topological polar surface area (TPSA) is 69.9 Å². The Morgan fingerprint density at radius 3 is 3.20 bits per heavy atom. The number of aromatic nitrogens is 2. The van der Waals surface area contributed by atoms with E-state index in [1.54, 1.807) is 29.8 Å². The highest BCUT2D eigenvalue weighted by Crippen LogP contribution is 2.30. The van der Waals surface area contributed by atoms with E-state index in [0.29, 0.717) is 22.1 Å². The molecule has 0 N–H and O–H groups in total. The summed E-state index contributed by atoms with van der Waals surface area (Å²) in [5, 5.41) is 2.38. The molecule has 128 valence electrons. The Bertz CT molecular complexity index is 1010. The minimum atomic E-state index is -0.405. The fourth-order valence-electron chi connectivity index (χ4n) is 2.74. The van der Waals surface area contributed by atoms with Gasteiger partial charge in [0, 0.05) is 22.7 Å². The van der Waals surface area contributed by atoms with E-state index in [-0.39, 0.29) is 24.7 Å². The molecule has 2 aromatic heterocycles. The molecule has 8 heteroatoms. The largest absolute Gasteiger partial charge is 0.492 e. The molecule has 0 aliphatic carbocycles. The third kappa shape index (κ3) is 3.25.